The molecule has 0 saturated heterocycles. The third kappa shape index (κ3) is 16.4. The molecule has 0 heterocycles. The first-order valence-electron chi connectivity index (χ1n) is 19.4. The molecule has 10 nitrogen and oxygen atoms in total. The fourth-order valence-electron chi connectivity index (χ4n) is 5.37. The highest BCUT2D eigenvalue weighted by molar-refractivity contribution is 5.97. The average Bonchev–Trinajstić information content (AvgIpc) is 3.17. The Morgan fingerprint density at radius 3 is 1.80 bits per heavy atom. The van der Waals surface area contributed by atoms with Crippen molar-refractivity contribution in [3.05, 3.63) is 119 Å². The van der Waals surface area contributed by atoms with E-state index in [0.29, 0.717) is 46.2 Å². The summed E-state index contributed by atoms with van der Waals surface area (Å²) in [6, 6.07) is 27.3. The first kappa shape index (κ1) is 44.8. The van der Waals surface area contributed by atoms with Crippen molar-refractivity contribution < 1.29 is 38.1 Å². The zero-order chi connectivity index (χ0) is 40.9. The lowest BCUT2D eigenvalue weighted by atomic mass is 10.1. The molecule has 0 fully saturated rings. The minimum absolute atomic E-state index is 0.0900. The number of anilines is 1. The highest BCUT2D eigenvalue weighted by Gasteiger charge is 2.24. The number of unbranched alkanes of at least 4 members (excludes halogenated alkanes) is 4. The smallest absolute Gasteiger partial charge is 0.343 e. The lowest BCUT2D eigenvalue weighted by Crippen LogP contribution is -2.38. The highest BCUT2D eigenvalue weighted by Crippen LogP contribution is 2.20. The lowest BCUT2D eigenvalue weighted by molar-refractivity contribution is -0.155. The lowest BCUT2D eigenvalue weighted by Gasteiger charge is -2.25. The molecule has 2 amide bonds. The van der Waals surface area contributed by atoms with Gasteiger partial charge in [-0.2, -0.15) is 0 Å². The number of hydrogen-bond donors (Lipinski definition) is 1. The number of methoxy groups -OCH3 is 1. The number of amides is 2. The van der Waals surface area contributed by atoms with E-state index >= 15 is 0 Å². The van der Waals surface area contributed by atoms with Gasteiger partial charge in [0.2, 0.25) is 5.91 Å². The van der Waals surface area contributed by atoms with Crippen molar-refractivity contribution in [3.8, 4) is 17.2 Å². The van der Waals surface area contributed by atoms with Gasteiger partial charge < -0.3 is 29.2 Å². The van der Waals surface area contributed by atoms with Crippen LogP contribution in [-0.2, 0) is 27.3 Å². The Balaban J connectivity index is 0.00000271. The van der Waals surface area contributed by atoms with Crippen LogP contribution < -0.4 is 19.5 Å². The predicted octanol–water partition coefficient (Wildman–Crippen LogP) is 9.85. The van der Waals surface area contributed by atoms with Gasteiger partial charge in [0.25, 0.3) is 5.91 Å². The highest BCUT2D eigenvalue weighted by atomic mass is 16.6. The standard InChI is InChI=1S/C43H50N2O8.C3H8/c1-6-7-8-9-10-27-51-37-25-17-34(18-26-37)42(49)52-38-23-13-32(14-24-38)29-45(30-40(47)53-43(2,3)4)41(48)33-15-19-35(20-16-33)44-39(46)28-31-11-21-36(50-5)22-12-31;1-3-2/h11-26H,6-10,27-30H2,1-5H3,(H,44,46);3H2,1-2H3. The van der Waals surface area contributed by atoms with Gasteiger partial charge in [-0.25, -0.2) is 4.79 Å². The third-order valence-electron chi connectivity index (χ3n) is 8.08. The first-order valence-corrected chi connectivity index (χ1v) is 19.4. The predicted molar refractivity (Wildman–Crippen MR) is 220 cm³/mol. The fraction of sp³-hybridized carbons (Fsp3) is 0.391. The summed E-state index contributed by atoms with van der Waals surface area (Å²) in [6.07, 6.45) is 7.20. The van der Waals surface area contributed by atoms with Gasteiger partial charge in [-0.15, -0.1) is 0 Å². The zero-order valence-corrected chi connectivity index (χ0v) is 34.0. The van der Waals surface area contributed by atoms with Crippen LogP contribution in [0, 0.1) is 0 Å². The van der Waals surface area contributed by atoms with Crippen molar-refractivity contribution in [2.75, 3.05) is 25.6 Å². The van der Waals surface area contributed by atoms with Gasteiger partial charge in [-0.3, -0.25) is 14.4 Å². The van der Waals surface area contributed by atoms with Crippen LogP contribution >= 0.6 is 0 Å². The number of nitrogens with one attached hydrogen (secondary N) is 1. The van der Waals surface area contributed by atoms with Crippen LogP contribution in [0.1, 0.15) is 112 Å². The molecule has 0 aromatic heterocycles. The number of ether oxygens (including phenoxy) is 4. The van der Waals surface area contributed by atoms with Crippen molar-refractivity contribution in [2.45, 2.75) is 98.6 Å². The van der Waals surface area contributed by atoms with Crippen molar-refractivity contribution in [1.82, 2.24) is 4.90 Å². The Labute approximate surface area is 332 Å². The molecule has 4 aromatic carbocycles. The third-order valence-corrected chi connectivity index (χ3v) is 8.08. The summed E-state index contributed by atoms with van der Waals surface area (Å²) in [4.78, 5) is 53.4. The topological polar surface area (TPSA) is 120 Å². The average molecular weight is 767 g/mol. The van der Waals surface area contributed by atoms with Gasteiger partial charge in [0.05, 0.1) is 25.7 Å². The van der Waals surface area contributed by atoms with Crippen molar-refractivity contribution in [3.63, 3.8) is 0 Å². The Hall–Kier alpha value is -5.64. The molecular weight excluding hydrogens is 709 g/mol. The summed E-state index contributed by atoms with van der Waals surface area (Å²) in [5.74, 6) is 0.0804. The van der Waals surface area contributed by atoms with E-state index in [2.05, 4.69) is 26.1 Å². The number of nitrogens with zero attached hydrogens (tertiary/aromatic N) is 1. The zero-order valence-electron chi connectivity index (χ0n) is 34.0. The minimum Gasteiger partial charge on any atom is -0.497 e. The molecule has 0 radical (unpaired) electrons. The number of carbonyl (C=O) groups is 4. The second-order valence-electron chi connectivity index (χ2n) is 14.4. The molecule has 0 saturated carbocycles. The summed E-state index contributed by atoms with van der Waals surface area (Å²) in [5, 5.41) is 2.85. The Kier molecular flexibility index (Phi) is 18.6. The maximum absolute atomic E-state index is 13.7. The van der Waals surface area contributed by atoms with E-state index in [9.17, 15) is 19.2 Å². The molecule has 10 heteroatoms. The van der Waals surface area contributed by atoms with Crippen LogP contribution in [0.15, 0.2) is 97.1 Å². The SMILES string of the molecule is CCC.CCCCCCCOc1ccc(C(=O)Oc2ccc(CN(CC(=O)OC(C)(C)C)C(=O)c3ccc(NC(=O)Cc4ccc(OC)cc4)cc3)cc2)cc1. The van der Waals surface area contributed by atoms with Crippen LogP contribution in [0.3, 0.4) is 0 Å². The summed E-state index contributed by atoms with van der Waals surface area (Å²) in [6.45, 7) is 12.2. The molecule has 300 valence electrons. The molecule has 0 aliphatic heterocycles. The first-order chi connectivity index (χ1) is 26.8. The molecule has 0 aliphatic carbocycles. The number of esters is 2. The molecule has 1 N–H and O–H groups in total. The molecule has 0 unspecified atom stereocenters. The van der Waals surface area contributed by atoms with Crippen molar-refractivity contribution in [2.24, 2.45) is 0 Å². The Morgan fingerprint density at radius 2 is 1.21 bits per heavy atom. The Morgan fingerprint density at radius 1 is 0.661 bits per heavy atom. The summed E-state index contributed by atoms with van der Waals surface area (Å²) in [7, 11) is 1.58. The van der Waals surface area contributed by atoms with E-state index < -0.39 is 23.4 Å². The Bertz CT molecular complexity index is 1800. The van der Waals surface area contributed by atoms with Gasteiger partial charge in [0.15, 0.2) is 0 Å². The molecular formula is C46H58N2O8. The van der Waals surface area contributed by atoms with E-state index in [4.69, 9.17) is 18.9 Å². The minimum atomic E-state index is -0.732. The second-order valence-corrected chi connectivity index (χ2v) is 14.4. The van der Waals surface area contributed by atoms with Gasteiger partial charge in [0, 0.05) is 17.8 Å². The molecule has 0 aliphatic rings. The number of carbonyl (C=O) groups excluding carboxylic acids is 4. The molecule has 0 atom stereocenters. The van der Waals surface area contributed by atoms with Gasteiger partial charge >= 0.3 is 11.9 Å². The number of benzene rings is 4. The van der Waals surface area contributed by atoms with Crippen molar-refractivity contribution >= 4 is 29.4 Å². The molecule has 4 aromatic rings. The molecule has 0 bridgehead atoms. The van der Waals surface area contributed by atoms with Gasteiger partial charge in [-0.1, -0.05) is 77.1 Å². The van der Waals surface area contributed by atoms with E-state index in [-0.39, 0.29) is 25.4 Å². The number of hydrogen-bond acceptors (Lipinski definition) is 8. The van der Waals surface area contributed by atoms with Crippen LogP contribution in [0.5, 0.6) is 17.2 Å². The van der Waals surface area contributed by atoms with Gasteiger partial charge in [0.1, 0.15) is 29.4 Å². The van der Waals surface area contributed by atoms with Crippen LogP contribution in [-0.4, -0.2) is 54.5 Å². The normalized spacial score (nSPS) is 10.7. The summed E-state index contributed by atoms with van der Waals surface area (Å²) >= 11 is 0. The fourth-order valence-corrected chi connectivity index (χ4v) is 5.37. The molecule has 4 rings (SSSR count). The van der Waals surface area contributed by atoms with Crippen LogP contribution in [0.2, 0.25) is 0 Å². The second kappa shape index (κ2) is 23.3. The van der Waals surface area contributed by atoms with E-state index in [1.54, 1.807) is 113 Å². The van der Waals surface area contributed by atoms with Crippen LogP contribution in [0.4, 0.5) is 5.69 Å². The molecule has 0 spiro atoms. The quantitative estimate of drug-likeness (QED) is 0.0604. The van der Waals surface area contributed by atoms with E-state index in [0.717, 1.165) is 18.4 Å². The summed E-state index contributed by atoms with van der Waals surface area (Å²) in [5.41, 5.74) is 2.06. The van der Waals surface area contributed by atoms with E-state index in [1.807, 2.05) is 12.1 Å². The van der Waals surface area contributed by atoms with E-state index in [1.165, 1.54) is 30.6 Å². The van der Waals surface area contributed by atoms with Gasteiger partial charge in [-0.05, 0) is 111 Å². The largest absolute Gasteiger partial charge is 0.497 e. The summed E-state index contributed by atoms with van der Waals surface area (Å²) < 4.78 is 22.1. The maximum Gasteiger partial charge on any atom is 0.343 e. The maximum atomic E-state index is 13.7. The number of rotatable bonds is 18. The van der Waals surface area contributed by atoms with Crippen LogP contribution in [0.25, 0.3) is 0 Å². The molecule has 56 heavy (non-hydrogen) atoms. The van der Waals surface area contributed by atoms with Crippen molar-refractivity contribution in [1.29, 1.82) is 0 Å². The monoisotopic (exact) mass is 766 g/mol.